The third-order valence-electron chi connectivity index (χ3n) is 4.21. The molecule has 0 heterocycles. The van der Waals surface area contributed by atoms with Crippen LogP contribution in [-0.4, -0.2) is 50.5 Å². The van der Waals surface area contributed by atoms with Gasteiger partial charge in [-0.1, -0.05) is 53.4 Å². The lowest BCUT2D eigenvalue weighted by molar-refractivity contribution is -0.138. The van der Waals surface area contributed by atoms with Gasteiger partial charge in [-0.25, -0.2) is 0 Å². The zero-order valence-electron chi connectivity index (χ0n) is 21.2. The molecule has 0 aliphatic carbocycles. The summed E-state index contributed by atoms with van der Waals surface area (Å²) in [5.41, 5.74) is 0.542. The number of carbonyl (C=O) groups is 3. The third-order valence-corrected chi connectivity index (χ3v) is 5.16. The van der Waals surface area contributed by atoms with Crippen LogP contribution in [0.25, 0.3) is 0 Å². The fraction of sp³-hybridized carbons (Fsp3) is 0.875. The van der Waals surface area contributed by atoms with Crippen molar-refractivity contribution in [3.05, 3.63) is 0 Å². The average Bonchev–Trinajstić information content (AvgIpc) is 2.72. The summed E-state index contributed by atoms with van der Waals surface area (Å²) < 4.78 is 0. The number of thiol groups is 3. The second-order valence-corrected chi connectivity index (χ2v) is 10.0. The number of aliphatic carboxylic acids is 3. The number of carboxylic acid groups (broad SMARTS) is 3. The van der Waals surface area contributed by atoms with E-state index >= 15 is 0 Å². The zero-order valence-corrected chi connectivity index (χ0v) is 23.9. The van der Waals surface area contributed by atoms with Crippen LogP contribution in [0.1, 0.15) is 111 Å². The maximum atomic E-state index is 9.94. The monoisotopic (exact) mass is 530 g/mol. The Hall–Kier alpha value is -0.540. The SMILES string of the molecule is CCC(C)(C)C.O=C(O)CCCCCS.O=C(O)CCCCCS.O=C(O)CCCCCS. The molecular weight excluding hydrogens is 480 g/mol. The van der Waals surface area contributed by atoms with Crippen molar-refractivity contribution in [2.75, 3.05) is 17.3 Å². The predicted molar refractivity (Wildman–Crippen MR) is 150 cm³/mol. The van der Waals surface area contributed by atoms with E-state index in [0.29, 0.717) is 24.7 Å². The molecule has 0 aromatic rings. The molecule has 0 radical (unpaired) electrons. The first kappa shape index (κ1) is 39.7. The smallest absolute Gasteiger partial charge is 0.303 e. The molecule has 0 aromatic carbocycles. The summed E-state index contributed by atoms with van der Waals surface area (Å²) in [5.74, 6) is 0.483. The first-order valence-electron chi connectivity index (χ1n) is 11.9. The molecule has 3 N–H and O–H groups in total. The molecule has 0 spiro atoms. The molecule has 0 bridgehead atoms. The normalized spacial score (nSPS) is 9.91. The lowest BCUT2D eigenvalue weighted by Crippen LogP contribution is -2.00. The van der Waals surface area contributed by atoms with E-state index in [-0.39, 0.29) is 0 Å². The molecule has 0 aliphatic heterocycles. The van der Waals surface area contributed by atoms with Gasteiger partial charge in [0.1, 0.15) is 0 Å². The molecule has 0 aliphatic rings. The Bertz CT molecular complexity index is 388. The predicted octanol–water partition coefficient (Wildman–Crippen LogP) is 7.13. The minimum atomic E-state index is -0.700. The number of rotatable bonds is 15. The van der Waals surface area contributed by atoms with Crippen molar-refractivity contribution in [1.82, 2.24) is 0 Å². The van der Waals surface area contributed by atoms with Gasteiger partial charge >= 0.3 is 17.9 Å². The van der Waals surface area contributed by atoms with Crippen LogP contribution in [0.2, 0.25) is 0 Å². The molecule has 200 valence electrons. The maximum absolute atomic E-state index is 9.94. The Morgan fingerprint density at radius 2 is 0.758 bits per heavy atom. The van der Waals surface area contributed by atoms with Crippen LogP contribution in [0, 0.1) is 5.41 Å². The first-order chi connectivity index (χ1) is 15.4. The molecule has 0 unspecified atom stereocenters. The topological polar surface area (TPSA) is 112 Å². The Kier molecular flexibility index (Phi) is 37.8. The van der Waals surface area contributed by atoms with Crippen LogP contribution in [-0.2, 0) is 14.4 Å². The molecule has 0 amide bonds. The van der Waals surface area contributed by atoms with E-state index in [4.69, 9.17) is 15.3 Å². The van der Waals surface area contributed by atoms with Gasteiger partial charge in [0.2, 0.25) is 0 Å². The number of carboxylic acids is 3. The van der Waals surface area contributed by atoms with Gasteiger partial charge in [0.15, 0.2) is 0 Å². The van der Waals surface area contributed by atoms with Gasteiger partial charge < -0.3 is 15.3 Å². The Morgan fingerprint density at radius 3 is 0.879 bits per heavy atom. The van der Waals surface area contributed by atoms with Crippen molar-refractivity contribution in [1.29, 1.82) is 0 Å². The van der Waals surface area contributed by atoms with E-state index in [1.807, 2.05) is 0 Å². The summed E-state index contributed by atoms with van der Waals surface area (Å²) >= 11 is 12.0. The van der Waals surface area contributed by atoms with Gasteiger partial charge in [-0.15, -0.1) is 0 Å². The van der Waals surface area contributed by atoms with Gasteiger partial charge in [0, 0.05) is 19.3 Å². The quantitative estimate of drug-likeness (QED) is 0.0992. The van der Waals surface area contributed by atoms with Crippen molar-refractivity contribution in [3.63, 3.8) is 0 Å². The number of hydrogen-bond acceptors (Lipinski definition) is 6. The summed E-state index contributed by atoms with van der Waals surface area (Å²) in [6, 6.07) is 0. The van der Waals surface area contributed by atoms with Crippen molar-refractivity contribution in [3.8, 4) is 0 Å². The molecule has 0 aromatic heterocycles. The molecule has 6 nitrogen and oxygen atoms in total. The second kappa shape index (κ2) is 31.5. The summed E-state index contributed by atoms with van der Waals surface area (Å²) in [6.07, 6.45) is 10.6. The van der Waals surface area contributed by atoms with E-state index in [1.54, 1.807) is 0 Å². The number of unbranched alkanes of at least 4 members (excludes halogenated alkanes) is 6. The zero-order chi connectivity index (χ0) is 26.5. The van der Waals surface area contributed by atoms with E-state index in [2.05, 4.69) is 65.6 Å². The largest absolute Gasteiger partial charge is 0.481 e. The second-order valence-electron chi connectivity index (χ2n) is 8.70. The highest BCUT2D eigenvalue weighted by Gasteiger charge is 2.03. The van der Waals surface area contributed by atoms with Gasteiger partial charge in [0.05, 0.1) is 0 Å². The highest BCUT2D eigenvalue weighted by atomic mass is 32.1. The molecule has 9 heteroatoms. The lowest BCUT2D eigenvalue weighted by atomic mass is 9.94. The fourth-order valence-electron chi connectivity index (χ4n) is 1.69. The van der Waals surface area contributed by atoms with Crippen LogP contribution in [0.3, 0.4) is 0 Å². The van der Waals surface area contributed by atoms with Crippen LogP contribution in [0.4, 0.5) is 0 Å². The maximum Gasteiger partial charge on any atom is 0.303 e. The standard InChI is InChI=1S/3C6H12O2S.C6H14/c3*7-6(8)4-2-1-3-5-9;1-5-6(2,3)4/h3*9H,1-5H2,(H,7,8);5H2,1-4H3. The minimum Gasteiger partial charge on any atom is -0.481 e. The number of hydrogen-bond donors (Lipinski definition) is 6. The molecule has 0 rings (SSSR count). The third kappa shape index (κ3) is 65.2. The van der Waals surface area contributed by atoms with Gasteiger partial charge in [-0.3, -0.25) is 14.4 Å². The first-order valence-corrected chi connectivity index (χ1v) is 13.8. The summed E-state index contributed by atoms with van der Waals surface area (Å²) in [5, 5.41) is 24.6. The molecule has 0 saturated heterocycles. The lowest BCUT2D eigenvalue weighted by Gasteiger charge is -2.12. The Morgan fingerprint density at radius 1 is 0.545 bits per heavy atom. The summed E-state index contributed by atoms with van der Waals surface area (Å²) in [4.78, 5) is 29.8. The van der Waals surface area contributed by atoms with Gasteiger partial charge in [-0.05, 0) is 61.2 Å². The molecular formula is C24H50O6S3. The molecule has 0 fully saturated rings. The van der Waals surface area contributed by atoms with Crippen molar-refractivity contribution in [2.45, 2.75) is 111 Å². The molecule has 0 atom stereocenters. The Labute approximate surface area is 218 Å². The van der Waals surface area contributed by atoms with E-state index < -0.39 is 17.9 Å². The van der Waals surface area contributed by atoms with Crippen LogP contribution in [0.5, 0.6) is 0 Å². The molecule has 0 saturated carbocycles. The van der Waals surface area contributed by atoms with E-state index in [0.717, 1.165) is 75.0 Å². The van der Waals surface area contributed by atoms with Gasteiger partial charge in [0.25, 0.3) is 0 Å². The average molecular weight is 531 g/mol. The van der Waals surface area contributed by atoms with Gasteiger partial charge in [-0.2, -0.15) is 37.9 Å². The van der Waals surface area contributed by atoms with Crippen LogP contribution in [0.15, 0.2) is 0 Å². The van der Waals surface area contributed by atoms with E-state index in [9.17, 15) is 14.4 Å². The van der Waals surface area contributed by atoms with Crippen LogP contribution >= 0.6 is 37.9 Å². The van der Waals surface area contributed by atoms with Crippen LogP contribution < -0.4 is 0 Å². The summed E-state index contributed by atoms with van der Waals surface area (Å²) in [7, 11) is 0. The highest BCUT2D eigenvalue weighted by molar-refractivity contribution is 7.80. The van der Waals surface area contributed by atoms with Crippen molar-refractivity contribution < 1.29 is 29.7 Å². The minimum absolute atomic E-state index is 0.299. The van der Waals surface area contributed by atoms with E-state index in [1.165, 1.54) is 6.42 Å². The Balaban J connectivity index is -0.000000172. The summed E-state index contributed by atoms with van der Waals surface area (Å²) in [6.45, 7) is 8.94. The fourth-order valence-corrected chi connectivity index (χ4v) is 2.37. The molecule has 33 heavy (non-hydrogen) atoms. The van der Waals surface area contributed by atoms with Crippen molar-refractivity contribution in [2.24, 2.45) is 5.41 Å². The van der Waals surface area contributed by atoms with Crippen molar-refractivity contribution >= 4 is 55.8 Å². The highest BCUT2D eigenvalue weighted by Crippen LogP contribution is 2.16.